The van der Waals surface area contributed by atoms with Crippen LogP contribution in [0.4, 0.5) is 0 Å². The molecule has 8 heteroatoms. The summed E-state index contributed by atoms with van der Waals surface area (Å²) in [5, 5.41) is 13.8. The zero-order chi connectivity index (χ0) is 31.3. The van der Waals surface area contributed by atoms with Crippen LogP contribution in [0.25, 0.3) is 10.9 Å². The van der Waals surface area contributed by atoms with Crippen molar-refractivity contribution in [2.24, 2.45) is 11.8 Å². The minimum Gasteiger partial charge on any atom is -0.463 e. The lowest BCUT2D eigenvalue weighted by Gasteiger charge is -2.26. The fourth-order valence-corrected chi connectivity index (χ4v) is 6.02. The molecule has 0 saturated carbocycles. The van der Waals surface area contributed by atoms with E-state index in [1.54, 1.807) is 17.1 Å². The summed E-state index contributed by atoms with van der Waals surface area (Å²) in [4.78, 5) is 45.1. The van der Waals surface area contributed by atoms with E-state index < -0.39 is 12.0 Å². The molecule has 0 spiro atoms. The number of aliphatic hydroxyl groups excluding tert-OH is 1. The van der Waals surface area contributed by atoms with E-state index >= 15 is 0 Å². The third kappa shape index (κ3) is 8.92. The molecule has 0 radical (unpaired) electrons. The zero-order valence-electron chi connectivity index (χ0n) is 25.5. The first kappa shape index (κ1) is 32.7. The molecule has 4 atom stereocenters. The normalized spacial score (nSPS) is 16.7. The quantitative estimate of drug-likeness (QED) is 0.147. The van der Waals surface area contributed by atoms with Crippen molar-refractivity contribution in [1.29, 1.82) is 0 Å². The Balaban J connectivity index is 1.48. The number of fused-ring (bicyclic) bond motifs is 1. The van der Waals surface area contributed by atoms with E-state index in [2.05, 4.69) is 23.5 Å². The van der Waals surface area contributed by atoms with Crippen molar-refractivity contribution in [1.82, 2.24) is 15.2 Å². The summed E-state index contributed by atoms with van der Waals surface area (Å²) in [6, 6.07) is 17.1. The van der Waals surface area contributed by atoms with E-state index in [1.807, 2.05) is 60.8 Å². The second kappa shape index (κ2) is 16.6. The van der Waals surface area contributed by atoms with E-state index in [4.69, 9.17) is 4.74 Å². The smallest absolute Gasteiger partial charge is 0.309 e. The number of benzene rings is 2. The lowest BCUT2D eigenvalue weighted by molar-refractivity contribution is -0.150. The summed E-state index contributed by atoms with van der Waals surface area (Å²) in [6.07, 6.45) is 9.62. The van der Waals surface area contributed by atoms with Crippen molar-refractivity contribution in [3.05, 3.63) is 97.2 Å². The molecule has 4 rings (SSSR count). The number of carbonyl (C=O) groups is 3. The van der Waals surface area contributed by atoms with Crippen LogP contribution >= 0.6 is 0 Å². The number of allylic oxidation sites excluding steroid dienone is 2. The minimum absolute atomic E-state index is 0.00305. The van der Waals surface area contributed by atoms with Gasteiger partial charge in [0.2, 0.25) is 11.8 Å². The van der Waals surface area contributed by atoms with Crippen LogP contribution in [0.1, 0.15) is 49.7 Å². The Hall–Kier alpha value is -4.17. The first-order valence-corrected chi connectivity index (χ1v) is 15.6. The van der Waals surface area contributed by atoms with Gasteiger partial charge in [0, 0.05) is 30.1 Å². The highest BCUT2D eigenvalue weighted by Crippen LogP contribution is 2.23. The minimum atomic E-state index is -0.625. The number of hydrogen-bond donors (Lipinski definition) is 3. The maximum absolute atomic E-state index is 13.7. The second-order valence-electron chi connectivity index (χ2n) is 11.6. The largest absolute Gasteiger partial charge is 0.463 e. The van der Waals surface area contributed by atoms with E-state index in [0.717, 1.165) is 34.9 Å². The second-order valence-corrected chi connectivity index (χ2v) is 11.6. The number of amides is 2. The molecule has 0 unspecified atom stereocenters. The van der Waals surface area contributed by atoms with E-state index in [9.17, 15) is 19.5 Å². The predicted octanol–water partition coefficient (Wildman–Crippen LogP) is 5.13. The standard InChI is InChI=1S/C36H45N3O5/c1-3-5-15-28(20-26-13-7-6-8-14-26)36(43)44-25-30(21-29-23-37-33-18-10-9-17-32(29)33)38-35(42)27(12-4-2)22-34(41)39-19-11-16-31(39)24-40/h3-4,6-10,13-14,17-18,23,27-28,30-31,37,40H,1-2,5,11-12,15-16,19-22,24-25H2,(H,38,42)/t27-,28-,30+,31+/m1/s1. The maximum atomic E-state index is 13.7. The Bertz CT molecular complexity index is 1400. The average molecular weight is 600 g/mol. The number of esters is 1. The van der Waals surface area contributed by atoms with Gasteiger partial charge in [-0.25, -0.2) is 0 Å². The van der Waals surface area contributed by atoms with Crippen LogP contribution in [0.5, 0.6) is 0 Å². The van der Waals surface area contributed by atoms with Gasteiger partial charge in [0.1, 0.15) is 6.61 Å². The molecular formula is C36H45N3O5. The molecule has 2 heterocycles. The molecule has 2 aromatic carbocycles. The molecule has 0 aliphatic carbocycles. The lowest BCUT2D eigenvalue weighted by atomic mass is 9.94. The fraction of sp³-hybridized carbons (Fsp3) is 0.417. The molecule has 0 bridgehead atoms. The Morgan fingerprint density at radius 2 is 1.82 bits per heavy atom. The zero-order valence-corrected chi connectivity index (χ0v) is 25.5. The third-order valence-electron chi connectivity index (χ3n) is 8.44. The topological polar surface area (TPSA) is 112 Å². The molecule has 3 N–H and O–H groups in total. The van der Waals surface area contributed by atoms with Crippen molar-refractivity contribution in [2.75, 3.05) is 19.8 Å². The number of aromatic nitrogens is 1. The Morgan fingerprint density at radius 1 is 1.05 bits per heavy atom. The Morgan fingerprint density at radius 3 is 2.57 bits per heavy atom. The number of rotatable bonds is 17. The molecule has 1 aliphatic heterocycles. The molecule has 44 heavy (non-hydrogen) atoms. The number of aromatic amines is 1. The number of ether oxygens (including phenoxy) is 1. The fourth-order valence-electron chi connectivity index (χ4n) is 6.02. The summed E-state index contributed by atoms with van der Waals surface area (Å²) in [5.74, 6) is -1.71. The predicted molar refractivity (Wildman–Crippen MR) is 173 cm³/mol. The molecular weight excluding hydrogens is 554 g/mol. The molecule has 234 valence electrons. The van der Waals surface area contributed by atoms with Crippen LogP contribution in [-0.4, -0.2) is 64.6 Å². The van der Waals surface area contributed by atoms with Crippen LogP contribution in [-0.2, 0) is 32.0 Å². The number of H-pyrrole nitrogens is 1. The van der Waals surface area contributed by atoms with Gasteiger partial charge in [0.05, 0.1) is 30.5 Å². The van der Waals surface area contributed by atoms with Crippen molar-refractivity contribution >= 4 is 28.7 Å². The number of para-hydroxylation sites is 1. The van der Waals surface area contributed by atoms with Gasteiger partial charge in [-0.15, -0.1) is 13.2 Å². The Kier molecular flexibility index (Phi) is 12.4. The van der Waals surface area contributed by atoms with Crippen molar-refractivity contribution < 1.29 is 24.2 Å². The molecule has 1 fully saturated rings. The van der Waals surface area contributed by atoms with Gasteiger partial charge < -0.3 is 25.0 Å². The van der Waals surface area contributed by atoms with Crippen LogP contribution in [0.2, 0.25) is 0 Å². The summed E-state index contributed by atoms with van der Waals surface area (Å²) in [5.41, 5.74) is 3.03. The van der Waals surface area contributed by atoms with Gasteiger partial charge in [-0.05, 0) is 62.1 Å². The highest BCUT2D eigenvalue weighted by molar-refractivity contribution is 5.87. The van der Waals surface area contributed by atoms with Gasteiger partial charge in [-0.3, -0.25) is 14.4 Å². The van der Waals surface area contributed by atoms with Gasteiger partial charge in [-0.1, -0.05) is 60.7 Å². The van der Waals surface area contributed by atoms with Crippen molar-refractivity contribution in [3.8, 4) is 0 Å². The summed E-state index contributed by atoms with van der Waals surface area (Å²) in [6.45, 7) is 8.11. The average Bonchev–Trinajstić information content (AvgIpc) is 3.69. The number of nitrogens with one attached hydrogen (secondary N) is 2. The van der Waals surface area contributed by atoms with Crippen LogP contribution in [0, 0.1) is 11.8 Å². The number of hydrogen-bond acceptors (Lipinski definition) is 5. The lowest BCUT2D eigenvalue weighted by Crippen LogP contribution is -2.45. The van der Waals surface area contributed by atoms with Crippen LogP contribution in [0.15, 0.2) is 86.1 Å². The molecule has 8 nitrogen and oxygen atoms in total. The van der Waals surface area contributed by atoms with Crippen LogP contribution < -0.4 is 5.32 Å². The SMILES string of the molecule is C=CCC[C@H](Cc1ccccc1)C(=O)OC[C@H](Cc1c[nH]c2ccccc12)NC(=O)[C@H](CC=C)CC(=O)N1CCC[C@H]1CO. The number of nitrogens with zero attached hydrogens (tertiary/aromatic N) is 1. The molecule has 3 aromatic rings. The van der Waals surface area contributed by atoms with Crippen molar-refractivity contribution in [2.45, 2.75) is 63.5 Å². The maximum Gasteiger partial charge on any atom is 0.309 e. The number of aliphatic hydroxyl groups is 1. The summed E-state index contributed by atoms with van der Waals surface area (Å²) >= 11 is 0. The van der Waals surface area contributed by atoms with E-state index in [-0.39, 0.29) is 49.4 Å². The monoisotopic (exact) mass is 599 g/mol. The number of carbonyl (C=O) groups excluding carboxylic acids is 3. The van der Waals surface area contributed by atoms with Crippen LogP contribution in [0.3, 0.4) is 0 Å². The number of likely N-dealkylation sites (tertiary alicyclic amines) is 1. The molecule has 1 aromatic heterocycles. The van der Waals surface area contributed by atoms with Gasteiger partial charge >= 0.3 is 5.97 Å². The third-order valence-corrected chi connectivity index (χ3v) is 8.44. The summed E-state index contributed by atoms with van der Waals surface area (Å²) in [7, 11) is 0. The van der Waals surface area contributed by atoms with Gasteiger partial charge in [-0.2, -0.15) is 0 Å². The van der Waals surface area contributed by atoms with Crippen molar-refractivity contribution in [3.63, 3.8) is 0 Å². The molecule has 1 saturated heterocycles. The highest BCUT2D eigenvalue weighted by atomic mass is 16.5. The molecule has 1 aliphatic rings. The first-order chi connectivity index (χ1) is 21.4. The van der Waals surface area contributed by atoms with E-state index in [0.29, 0.717) is 38.6 Å². The van der Waals surface area contributed by atoms with E-state index in [1.165, 1.54) is 0 Å². The van der Waals surface area contributed by atoms with Gasteiger partial charge in [0.25, 0.3) is 0 Å². The molecule has 2 amide bonds. The van der Waals surface area contributed by atoms with Gasteiger partial charge in [0.15, 0.2) is 0 Å². The summed E-state index contributed by atoms with van der Waals surface area (Å²) < 4.78 is 5.91. The Labute approximate surface area is 260 Å². The highest BCUT2D eigenvalue weighted by Gasteiger charge is 2.32. The first-order valence-electron chi connectivity index (χ1n) is 15.6.